The van der Waals surface area contributed by atoms with Crippen LogP contribution in [-0.4, -0.2) is 39.0 Å². The van der Waals surface area contributed by atoms with Crippen LogP contribution in [0.25, 0.3) is 0 Å². The van der Waals surface area contributed by atoms with Gasteiger partial charge in [0.2, 0.25) is 0 Å². The van der Waals surface area contributed by atoms with Crippen LogP contribution in [-0.2, 0) is 14.3 Å². The summed E-state index contributed by atoms with van der Waals surface area (Å²) in [5.74, 6) is 11.0. The number of terminal acetylenes is 2. The third-order valence-corrected chi connectivity index (χ3v) is 16.5. The molecule has 6 saturated carbocycles. The SMILES string of the molecule is C#C[C@]1(O)CC[C@H]2[C@@H]3CCC4=CC(=O)CC[C@@H]4[C@H]3CC[C@@]21CC.C#C[C@]1(OC(C)=O)CC[C@H]2[C@@H]3CCC4=C/C(=N/O)CC[C@@H]4[C@H]3CC[C@@]21CC. The summed E-state index contributed by atoms with van der Waals surface area (Å²) in [6.07, 6.45) is 34.4. The maximum atomic E-state index is 11.9. The molecule has 8 aliphatic rings. The van der Waals surface area contributed by atoms with E-state index in [0.717, 1.165) is 102 Å². The van der Waals surface area contributed by atoms with E-state index in [-0.39, 0.29) is 16.8 Å². The van der Waals surface area contributed by atoms with Gasteiger partial charge in [-0.1, -0.05) is 42.0 Å². The molecule has 8 aliphatic carbocycles. The Morgan fingerprint density at radius 2 is 1.36 bits per heavy atom. The van der Waals surface area contributed by atoms with Crippen molar-refractivity contribution in [3.05, 3.63) is 23.3 Å². The summed E-state index contributed by atoms with van der Waals surface area (Å²) >= 11 is 0. The molecule has 270 valence electrons. The van der Waals surface area contributed by atoms with E-state index >= 15 is 0 Å². The van der Waals surface area contributed by atoms with E-state index in [1.54, 1.807) is 0 Å². The van der Waals surface area contributed by atoms with E-state index in [9.17, 15) is 14.7 Å². The average Bonchev–Trinajstić information content (AvgIpc) is 3.63. The lowest BCUT2D eigenvalue weighted by Crippen LogP contribution is -2.55. The predicted octanol–water partition coefficient (Wildman–Crippen LogP) is 8.60. The van der Waals surface area contributed by atoms with Gasteiger partial charge < -0.3 is 15.1 Å². The van der Waals surface area contributed by atoms with E-state index < -0.39 is 11.2 Å². The van der Waals surface area contributed by atoms with Crippen LogP contribution in [0.3, 0.4) is 0 Å². The summed E-state index contributed by atoms with van der Waals surface area (Å²) in [7, 11) is 0. The zero-order chi connectivity index (χ0) is 35.5. The van der Waals surface area contributed by atoms with E-state index in [1.807, 2.05) is 6.08 Å². The van der Waals surface area contributed by atoms with Gasteiger partial charge >= 0.3 is 5.97 Å². The van der Waals surface area contributed by atoms with Crippen molar-refractivity contribution in [2.24, 2.45) is 63.3 Å². The molecule has 8 rings (SSSR count). The molecule has 0 aliphatic heterocycles. The van der Waals surface area contributed by atoms with Gasteiger partial charge in [-0.3, -0.25) is 9.59 Å². The fourth-order valence-electron chi connectivity index (χ4n) is 14.4. The smallest absolute Gasteiger partial charge is 0.304 e. The number of carbonyl (C=O) groups excluding carboxylic acids is 2. The van der Waals surface area contributed by atoms with Crippen LogP contribution >= 0.6 is 0 Å². The molecule has 0 aromatic carbocycles. The van der Waals surface area contributed by atoms with Gasteiger partial charge in [0.05, 0.1) is 5.71 Å². The molecule has 0 radical (unpaired) electrons. The Kier molecular flexibility index (Phi) is 9.46. The minimum Gasteiger partial charge on any atom is -0.445 e. The number of carbonyl (C=O) groups is 2. The first-order valence-corrected chi connectivity index (χ1v) is 20.1. The fraction of sp³-hybridized carbons (Fsp3) is 0.750. The number of hydrogen-bond donors (Lipinski definition) is 2. The number of allylic oxidation sites excluding steroid dienone is 3. The Bertz CT molecular complexity index is 1560. The van der Waals surface area contributed by atoms with Crippen LogP contribution in [0, 0.1) is 82.9 Å². The van der Waals surface area contributed by atoms with Crippen molar-refractivity contribution in [3.8, 4) is 24.7 Å². The van der Waals surface area contributed by atoms with E-state index in [2.05, 4.69) is 36.9 Å². The minimum atomic E-state index is -0.893. The normalized spacial score (nSPS) is 46.4. The highest BCUT2D eigenvalue weighted by atomic mass is 16.6. The largest absolute Gasteiger partial charge is 0.445 e. The van der Waals surface area contributed by atoms with E-state index in [1.165, 1.54) is 37.3 Å². The van der Waals surface area contributed by atoms with Crippen LogP contribution < -0.4 is 0 Å². The van der Waals surface area contributed by atoms with Gasteiger partial charge in [0.1, 0.15) is 5.60 Å². The number of esters is 1. The molecule has 0 amide bonds. The van der Waals surface area contributed by atoms with Crippen molar-refractivity contribution in [2.75, 3.05) is 0 Å². The van der Waals surface area contributed by atoms with Crippen molar-refractivity contribution in [1.82, 2.24) is 0 Å². The molecule has 0 aromatic heterocycles. The molecular weight excluding hydrogens is 622 g/mol. The quantitative estimate of drug-likeness (QED) is 0.135. The predicted molar refractivity (Wildman–Crippen MR) is 195 cm³/mol. The number of ketones is 1. The Morgan fingerprint density at radius 3 is 1.94 bits per heavy atom. The second-order valence-electron chi connectivity index (χ2n) is 17.5. The van der Waals surface area contributed by atoms with Gasteiger partial charge in [0.15, 0.2) is 11.4 Å². The van der Waals surface area contributed by atoms with Gasteiger partial charge in [-0.15, -0.1) is 12.8 Å². The molecule has 2 N–H and O–H groups in total. The molecule has 6 fully saturated rings. The summed E-state index contributed by atoms with van der Waals surface area (Å²) in [6.45, 7) is 5.93. The zero-order valence-electron chi connectivity index (χ0n) is 30.7. The molecule has 50 heavy (non-hydrogen) atoms. The molecule has 0 saturated heterocycles. The zero-order valence-corrected chi connectivity index (χ0v) is 30.7. The number of fused-ring (bicyclic) bond motifs is 10. The van der Waals surface area contributed by atoms with Crippen LogP contribution in [0.4, 0.5) is 0 Å². The highest BCUT2D eigenvalue weighted by Gasteiger charge is 2.66. The standard InChI is InChI=1S/C23H31NO3.C21H28O2/c1-4-22-12-10-19-18-9-7-17(24-26)14-16(18)6-8-20(19)21(22)11-13-23(22,5-2)27-15(3)25;1-3-20-11-9-17-16-8-6-15(22)13-14(16)5-7-18(17)19(20)10-12-21(20,23)4-2/h2,14,18-21,26H,4,6-13H2,1,3H3;2,13,16-19,23H,3,5-12H2,1H3/b24-17+;/t18-,19+,20+,21-,22-,23-;16-,17+,18+,19-,20-,21-/m00/s1. The first-order valence-electron chi connectivity index (χ1n) is 20.1. The summed E-state index contributed by atoms with van der Waals surface area (Å²) in [4.78, 5) is 23.6. The Balaban J connectivity index is 0.000000159. The highest BCUT2D eigenvalue weighted by molar-refractivity contribution is 5.96. The Morgan fingerprint density at radius 1 is 0.780 bits per heavy atom. The maximum Gasteiger partial charge on any atom is 0.304 e. The summed E-state index contributed by atoms with van der Waals surface area (Å²) in [6, 6.07) is 0. The molecule has 6 heteroatoms. The molecule has 0 unspecified atom stereocenters. The van der Waals surface area contributed by atoms with Crippen LogP contribution in [0.1, 0.15) is 136 Å². The summed E-state index contributed by atoms with van der Waals surface area (Å²) < 4.78 is 5.90. The molecule has 6 nitrogen and oxygen atoms in total. The van der Waals surface area contributed by atoms with Crippen LogP contribution in [0.2, 0.25) is 0 Å². The number of aliphatic hydroxyl groups is 1. The second-order valence-corrected chi connectivity index (χ2v) is 17.5. The Hall–Kier alpha value is -2.83. The van der Waals surface area contributed by atoms with Gasteiger partial charge in [-0.05, 0) is 169 Å². The molecule has 0 bridgehead atoms. The van der Waals surface area contributed by atoms with E-state index in [4.69, 9.17) is 22.8 Å². The summed E-state index contributed by atoms with van der Waals surface area (Å²) in [5.41, 5.74) is 2.01. The first kappa shape index (κ1) is 35.6. The third-order valence-electron chi connectivity index (χ3n) is 16.5. The van der Waals surface area contributed by atoms with E-state index in [0.29, 0.717) is 53.1 Å². The topological polar surface area (TPSA) is 96.2 Å². The second kappa shape index (κ2) is 13.3. The lowest BCUT2D eigenvalue weighted by Gasteiger charge is -2.56. The number of hydrogen-bond acceptors (Lipinski definition) is 6. The Labute approximate surface area is 300 Å². The number of nitrogens with zero attached hydrogens (tertiary/aromatic N) is 1. The van der Waals surface area contributed by atoms with Crippen molar-refractivity contribution in [3.63, 3.8) is 0 Å². The highest BCUT2D eigenvalue weighted by Crippen LogP contribution is 2.68. The van der Waals surface area contributed by atoms with Crippen molar-refractivity contribution >= 4 is 17.5 Å². The van der Waals surface area contributed by atoms with Crippen molar-refractivity contribution < 1.29 is 24.6 Å². The van der Waals surface area contributed by atoms with Gasteiger partial charge in [-0.25, -0.2) is 0 Å². The number of rotatable bonds is 3. The number of oxime groups is 1. The lowest BCUT2D eigenvalue weighted by molar-refractivity contribution is -0.170. The lowest BCUT2D eigenvalue weighted by atomic mass is 9.49. The average molecular weight is 682 g/mol. The van der Waals surface area contributed by atoms with Gasteiger partial charge in [0.25, 0.3) is 0 Å². The molecule has 0 heterocycles. The third kappa shape index (κ3) is 5.20. The van der Waals surface area contributed by atoms with Crippen LogP contribution in [0.5, 0.6) is 0 Å². The molecule has 0 spiro atoms. The van der Waals surface area contributed by atoms with Gasteiger partial charge in [0, 0.05) is 24.2 Å². The maximum absolute atomic E-state index is 11.9. The van der Waals surface area contributed by atoms with Crippen LogP contribution in [0.15, 0.2) is 28.5 Å². The minimum absolute atomic E-state index is 0.0609. The number of ether oxygens (including phenoxy) is 1. The summed E-state index contributed by atoms with van der Waals surface area (Å²) in [5, 5.41) is 23.7. The van der Waals surface area contributed by atoms with Crippen molar-refractivity contribution in [1.29, 1.82) is 0 Å². The fourth-order valence-corrected chi connectivity index (χ4v) is 14.4. The first-order chi connectivity index (χ1) is 24.0. The molecular formula is C44H59NO5. The monoisotopic (exact) mass is 681 g/mol. The molecule has 0 aromatic rings. The van der Waals surface area contributed by atoms with Crippen molar-refractivity contribution in [2.45, 2.75) is 148 Å². The molecule has 12 atom stereocenters. The van der Waals surface area contributed by atoms with Gasteiger partial charge in [-0.2, -0.15) is 0 Å².